The highest BCUT2D eigenvalue weighted by atomic mass is 35.5. The summed E-state index contributed by atoms with van der Waals surface area (Å²) in [6, 6.07) is 5.78. The highest BCUT2D eigenvalue weighted by Gasteiger charge is 2.53. The molecular formula is C15H20Cl2O. The fourth-order valence-corrected chi connectivity index (χ4v) is 3.64. The SMILES string of the molecule is CCC1(CC)C(Cl)CC1Oc1cc(Cl)ccc1C. The maximum atomic E-state index is 6.40. The Morgan fingerprint density at radius 2 is 2.00 bits per heavy atom. The van der Waals surface area contributed by atoms with Gasteiger partial charge in [-0.25, -0.2) is 0 Å². The van der Waals surface area contributed by atoms with Crippen molar-refractivity contribution in [2.24, 2.45) is 5.41 Å². The van der Waals surface area contributed by atoms with Crippen molar-refractivity contribution in [3.8, 4) is 5.75 Å². The molecular weight excluding hydrogens is 267 g/mol. The molecule has 2 unspecified atom stereocenters. The van der Waals surface area contributed by atoms with Crippen LogP contribution in [0.3, 0.4) is 0 Å². The van der Waals surface area contributed by atoms with Crippen molar-refractivity contribution in [2.45, 2.75) is 51.5 Å². The van der Waals surface area contributed by atoms with Gasteiger partial charge in [-0.2, -0.15) is 0 Å². The lowest BCUT2D eigenvalue weighted by molar-refractivity contribution is -0.0465. The minimum Gasteiger partial charge on any atom is -0.489 e. The maximum Gasteiger partial charge on any atom is 0.124 e. The number of halogens is 2. The normalized spacial score (nSPS) is 25.6. The molecule has 100 valence electrons. The number of aryl methyl sites for hydroxylation is 1. The number of benzene rings is 1. The van der Waals surface area contributed by atoms with Crippen molar-refractivity contribution in [3.05, 3.63) is 28.8 Å². The molecule has 1 saturated carbocycles. The molecule has 18 heavy (non-hydrogen) atoms. The van der Waals surface area contributed by atoms with Gasteiger partial charge < -0.3 is 4.74 Å². The second kappa shape index (κ2) is 5.30. The van der Waals surface area contributed by atoms with Crippen LogP contribution >= 0.6 is 23.2 Å². The lowest BCUT2D eigenvalue weighted by Crippen LogP contribution is -2.56. The summed E-state index contributed by atoms with van der Waals surface area (Å²) in [5, 5.41) is 0.952. The van der Waals surface area contributed by atoms with E-state index in [-0.39, 0.29) is 16.9 Å². The smallest absolute Gasteiger partial charge is 0.124 e. The second-order valence-corrected chi connectivity index (χ2v) is 6.12. The van der Waals surface area contributed by atoms with Crippen molar-refractivity contribution in [3.63, 3.8) is 0 Å². The standard InChI is InChI=1S/C15H20Cl2O/c1-4-15(5-2)13(17)9-14(15)18-12-8-11(16)7-6-10(12)3/h6-8,13-14H,4-5,9H2,1-3H3. The van der Waals surface area contributed by atoms with Gasteiger partial charge in [0.25, 0.3) is 0 Å². The molecule has 1 aromatic carbocycles. The number of ether oxygens (including phenoxy) is 1. The Bertz CT molecular complexity index is 427. The molecule has 2 rings (SSSR count). The molecule has 0 bridgehead atoms. The highest BCUT2D eigenvalue weighted by molar-refractivity contribution is 6.30. The molecule has 1 aliphatic carbocycles. The Kier molecular flexibility index (Phi) is 4.13. The van der Waals surface area contributed by atoms with Crippen LogP contribution in [-0.4, -0.2) is 11.5 Å². The molecule has 0 spiro atoms. The zero-order valence-corrected chi connectivity index (χ0v) is 12.7. The molecule has 1 aromatic rings. The molecule has 0 aliphatic heterocycles. The van der Waals surface area contributed by atoms with E-state index in [0.717, 1.165) is 35.6 Å². The van der Waals surface area contributed by atoms with Gasteiger partial charge in [-0.1, -0.05) is 31.5 Å². The predicted molar refractivity (Wildman–Crippen MR) is 77.9 cm³/mol. The van der Waals surface area contributed by atoms with Gasteiger partial charge in [-0.3, -0.25) is 0 Å². The topological polar surface area (TPSA) is 9.23 Å². The molecule has 0 radical (unpaired) electrons. The molecule has 3 heteroatoms. The average molecular weight is 287 g/mol. The van der Waals surface area contributed by atoms with Gasteiger partial charge in [0.1, 0.15) is 11.9 Å². The van der Waals surface area contributed by atoms with Crippen LogP contribution in [0.2, 0.25) is 5.02 Å². The molecule has 1 aliphatic rings. The number of alkyl halides is 1. The van der Waals surface area contributed by atoms with Gasteiger partial charge in [0.15, 0.2) is 0 Å². The van der Waals surface area contributed by atoms with Crippen molar-refractivity contribution in [1.29, 1.82) is 0 Å². The van der Waals surface area contributed by atoms with Gasteiger partial charge in [0, 0.05) is 22.2 Å². The Morgan fingerprint density at radius 1 is 1.33 bits per heavy atom. The Hall–Kier alpha value is -0.400. The van der Waals surface area contributed by atoms with Crippen LogP contribution < -0.4 is 4.74 Å². The van der Waals surface area contributed by atoms with Crippen LogP contribution in [0.4, 0.5) is 0 Å². The van der Waals surface area contributed by atoms with E-state index in [1.807, 2.05) is 25.1 Å². The second-order valence-electron chi connectivity index (χ2n) is 5.16. The summed E-state index contributed by atoms with van der Waals surface area (Å²) in [5.41, 5.74) is 1.24. The van der Waals surface area contributed by atoms with Crippen molar-refractivity contribution >= 4 is 23.2 Å². The monoisotopic (exact) mass is 286 g/mol. The molecule has 0 heterocycles. The Balaban J connectivity index is 2.17. The summed E-state index contributed by atoms with van der Waals surface area (Å²) in [5.74, 6) is 0.891. The predicted octanol–water partition coefficient (Wildman–Crippen LogP) is 5.21. The Morgan fingerprint density at radius 3 is 2.56 bits per heavy atom. The van der Waals surface area contributed by atoms with Gasteiger partial charge >= 0.3 is 0 Å². The highest BCUT2D eigenvalue weighted by Crippen LogP contribution is 2.52. The van der Waals surface area contributed by atoms with Gasteiger partial charge in [-0.05, 0) is 37.5 Å². The van der Waals surface area contributed by atoms with E-state index in [9.17, 15) is 0 Å². The zero-order chi connectivity index (χ0) is 13.3. The van der Waals surface area contributed by atoms with Gasteiger partial charge in [0.2, 0.25) is 0 Å². The first-order valence-corrected chi connectivity index (χ1v) is 7.41. The fraction of sp³-hybridized carbons (Fsp3) is 0.600. The summed E-state index contributed by atoms with van der Waals surface area (Å²) in [6.45, 7) is 6.43. The van der Waals surface area contributed by atoms with Crippen LogP contribution in [0.5, 0.6) is 5.75 Å². The summed E-state index contributed by atoms with van der Waals surface area (Å²) >= 11 is 12.4. The van der Waals surface area contributed by atoms with Gasteiger partial charge in [0.05, 0.1) is 0 Å². The van der Waals surface area contributed by atoms with Crippen LogP contribution in [0, 0.1) is 12.3 Å². The molecule has 0 saturated heterocycles. The molecule has 0 aromatic heterocycles. The molecule has 0 N–H and O–H groups in total. The summed E-state index contributed by atoms with van der Waals surface area (Å²) in [4.78, 5) is 0. The van der Waals surface area contributed by atoms with Crippen LogP contribution in [0.15, 0.2) is 18.2 Å². The van der Waals surface area contributed by atoms with E-state index in [1.54, 1.807) is 0 Å². The minimum atomic E-state index is 0.121. The summed E-state index contributed by atoms with van der Waals surface area (Å²) in [6.07, 6.45) is 3.26. The van der Waals surface area contributed by atoms with Crippen LogP contribution in [-0.2, 0) is 0 Å². The lowest BCUT2D eigenvalue weighted by Gasteiger charge is -2.52. The van der Waals surface area contributed by atoms with Gasteiger partial charge in [-0.15, -0.1) is 11.6 Å². The average Bonchev–Trinajstić information content (AvgIpc) is 2.35. The van der Waals surface area contributed by atoms with E-state index in [2.05, 4.69) is 13.8 Å². The summed E-state index contributed by atoms with van der Waals surface area (Å²) < 4.78 is 6.16. The van der Waals surface area contributed by atoms with Crippen LogP contribution in [0.1, 0.15) is 38.7 Å². The van der Waals surface area contributed by atoms with Crippen molar-refractivity contribution in [1.82, 2.24) is 0 Å². The van der Waals surface area contributed by atoms with E-state index < -0.39 is 0 Å². The van der Waals surface area contributed by atoms with Crippen molar-refractivity contribution < 1.29 is 4.74 Å². The van der Waals surface area contributed by atoms with E-state index in [1.165, 1.54) is 0 Å². The third kappa shape index (κ3) is 2.23. The first kappa shape index (κ1) is 14.0. The zero-order valence-electron chi connectivity index (χ0n) is 11.2. The van der Waals surface area contributed by atoms with E-state index in [4.69, 9.17) is 27.9 Å². The Labute approximate surface area is 119 Å². The van der Waals surface area contributed by atoms with Crippen LogP contribution in [0.25, 0.3) is 0 Å². The number of rotatable bonds is 4. The maximum absolute atomic E-state index is 6.40. The molecule has 2 atom stereocenters. The quantitative estimate of drug-likeness (QED) is 0.690. The number of hydrogen-bond donors (Lipinski definition) is 0. The summed E-state index contributed by atoms with van der Waals surface area (Å²) in [7, 11) is 0. The third-order valence-electron chi connectivity index (χ3n) is 4.42. The number of hydrogen-bond acceptors (Lipinski definition) is 1. The largest absolute Gasteiger partial charge is 0.489 e. The fourth-order valence-electron chi connectivity index (χ4n) is 2.87. The first-order valence-electron chi connectivity index (χ1n) is 6.60. The molecule has 1 nitrogen and oxygen atoms in total. The third-order valence-corrected chi connectivity index (χ3v) is 5.27. The van der Waals surface area contributed by atoms with E-state index >= 15 is 0 Å². The lowest BCUT2D eigenvalue weighted by atomic mass is 9.62. The molecule has 1 fully saturated rings. The first-order chi connectivity index (χ1) is 8.53. The van der Waals surface area contributed by atoms with Crippen molar-refractivity contribution in [2.75, 3.05) is 0 Å². The minimum absolute atomic E-state index is 0.121. The molecule has 0 amide bonds. The van der Waals surface area contributed by atoms with E-state index in [0.29, 0.717) is 0 Å².